The third kappa shape index (κ3) is 2.72. The minimum Gasteiger partial charge on any atom is -0.308 e. The van der Waals surface area contributed by atoms with Crippen molar-refractivity contribution in [1.29, 1.82) is 0 Å². The molecule has 2 nitrogen and oxygen atoms in total. The highest BCUT2D eigenvalue weighted by molar-refractivity contribution is 7.01. The van der Waals surface area contributed by atoms with Gasteiger partial charge in [0.25, 0.3) is 0 Å². The number of fused-ring (bicyclic) bond motifs is 8. The molecule has 3 heterocycles. The number of hydrogen-bond donors (Lipinski definition) is 0. The Labute approximate surface area is 227 Å². The number of benzene rings is 6. The highest BCUT2D eigenvalue weighted by atomic mass is 15.2. The van der Waals surface area contributed by atoms with Crippen LogP contribution in [0.25, 0.3) is 38.6 Å². The van der Waals surface area contributed by atoms with Crippen molar-refractivity contribution in [3.05, 3.63) is 140 Å². The largest absolute Gasteiger partial charge is 0.308 e. The molecule has 6 aromatic carbocycles. The zero-order valence-corrected chi connectivity index (χ0v) is 21.3. The summed E-state index contributed by atoms with van der Waals surface area (Å²) in [6.45, 7) is 0.208. The van der Waals surface area contributed by atoms with E-state index >= 15 is 0 Å². The third-order valence-corrected chi connectivity index (χ3v) is 8.58. The molecular formula is C36H23BN2. The fraction of sp³-hybridized carbons (Fsp3) is 0. The van der Waals surface area contributed by atoms with Crippen LogP contribution >= 0.6 is 0 Å². The van der Waals surface area contributed by atoms with Crippen LogP contribution < -0.4 is 21.3 Å². The van der Waals surface area contributed by atoms with Crippen LogP contribution in [0.4, 0.5) is 17.1 Å². The lowest BCUT2D eigenvalue weighted by atomic mass is 9.37. The van der Waals surface area contributed by atoms with E-state index in [1.807, 2.05) is 0 Å². The van der Waals surface area contributed by atoms with E-state index in [0.29, 0.717) is 0 Å². The average molecular weight is 494 g/mol. The van der Waals surface area contributed by atoms with E-state index in [9.17, 15) is 0 Å². The Morgan fingerprint density at radius 3 is 1.92 bits per heavy atom. The van der Waals surface area contributed by atoms with Crippen LogP contribution in [-0.4, -0.2) is 11.3 Å². The van der Waals surface area contributed by atoms with Gasteiger partial charge >= 0.3 is 0 Å². The Balaban J connectivity index is 1.48. The van der Waals surface area contributed by atoms with E-state index in [2.05, 4.69) is 149 Å². The number of rotatable bonds is 3. The minimum atomic E-state index is 0.208. The molecule has 39 heavy (non-hydrogen) atoms. The second-order valence-corrected chi connectivity index (χ2v) is 10.5. The standard InChI is InChI=1S/C36H23BN2/c1-3-12-24(13-4-1)38(25-14-5-2-6-15-25)33-23-22-28-26-16-7-9-19-30(26)37-31-20-11-18-29-27-17-8-10-21-32(27)39(35(29)31)36(33)34(28)37/h1-23H. The smallest absolute Gasteiger partial charge is 0.248 e. The monoisotopic (exact) mass is 494 g/mol. The maximum atomic E-state index is 2.55. The van der Waals surface area contributed by atoms with Crippen molar-refractivity contribution in [2.75, 3.05) is 4.90 Å². The molecule has 0 N–H and O–H groups in total. The number of anilines is 3. The molecule has 3 heteroatoms. The maximum Gasteiger partial charge on any atom is 0.248 e. The molecule has 2 aliphatic heterocycles. The summed E-state index contributed by atoms with van der Waals surface area (Å²) < 4.78 is 2.55. The summed E-state index contributed by atoms with van der Waals surface area (Å²) in [5.41, 5.74) is 14.3. The Morgan fingerprint density at radius 2 is 1.13 bits per heavy atom. The maximum absolute atomic E-state index is 2.55. The van der Waals surface area contributed by atoms with E-state index in [4.69, 9.17) is 0 Å². The minimum absolute atomic E-state index is 0.208. The predicted octanol–water partition coefficient (Wildman–Crippen LogP) is 7.06. The summed E-state index contributed by atoms with van der Waals surface area (Å²) in [5, 5.41) is 2.62. The summed E-state index contributed by atoms with van der Waals surface area (Å²) in [7, 11) is 0. The molecule has 0 fully saturated rings. The van der Waals surface area contributed by atoms with Crippen molar-refractivity contribution in [1.82, 2.24) is 4.57 Å². The first-order valence-corrected chi connectivity index (χ1v) is 13.6. The van der Waals surface area contributed by atoms with Crippen LogP contribution in [0.1, 0.15) is 0 Å². The molecule has 0 saturated heterocycles. The molecule has 0 aliphatic carbocycles. The van der Waals surface area contributed by atoms with E-state index in [0.717, 1.165) is 11.4 Å². The normalized spacial score (nSPS) is 12.6. The highest BCUT2D eigenvalue weighted by Crippen LogP contribution is 2.44. The molecule has 0 saturated carbocycles. The van der Waals surface area contributed by atoms with Gasteiger partial charge in [-0.15, -0.1) is 0 Å². The van der Waals surface area contributed by atoms with E-state index in [1.165, 1.54) is 60.7 Å². The second-order valence-electron chi connectivity index (χ2n) is 10.5. The lowest BCUT2D eigenvalue weighted by Crippen LogP contribution is -2.53. The van der Waals surface area contributed by atoms with Crippen LogP contribution in [0.15, 0.2) is 140 Å². The fourth-order valence-electron chi connectivity index (χ4n) is 7.10. The Bertz CT molecular complexity index is 2040. The first kappa shape index (κ1) is 21.0. The van der Waals surface area contributed by atoms with Crippen LogP contribution in [0.2, 0.25) is 0 Å². The van der Waals surface area contributed by atoms with Crippen LogP contribution in [0, 0.1) is 0 Å². The van der Waals surface area contributed by atoms with Crippen molar-refractivity contribution in [2.45, 2.75) is 0 Å². The molecule has 1 aromatic heterocycles. The number of para-hydroxylation sites is 4. The van der Waals surface area contributed by atoms with Gasteiger partial charge in [0.2, 0.25) is 6.71 Å². The molecule has 0 bridgehead atoms. The van der Waals surface area contributed by atoms with Gasteiger partial charge in [0, 0.05) is 27.7 Å². The van der Waals surface area contributed by atoms with Gasteiger partial charge in [-0.25, -0.2) is 0 Å². The lowest BCUT2D eigenvalue weighted by molar-refractivity contribution is 1.16. The Morgan fingerprint density at radius 1 is 0.487 bits per heavy atom. The van der Waals surface area contributed by atoms with Gasteiger partial charge in [0.05, 0.1) is 16.9 Å². The van der Waals surface area contributed by atoms with E-state index in [-0.39, 0.29) is 6.71 Å². The summed E-state index contributed by atoms with van der Waals surface area (Å²) in [6.07, 6.45) is 0. The molecule has 0 radical (unpaired) electrons. The van der Waals surface area contributed by atoms with Gasteiger partial charge in [-0.05, 0) is 58.5 Å². The predicted molar refractivity (Wildman–Crippen MR) is 166 cm³/mol. The van der Waals surface area contributed by atoms with Crippen molar-refractivity contribution >= 4 is 62.0 Å². The average Bonchev–Trinajstić information content (AvgIpc) is 3.52. The van der Waals surface area contributed by atoms with Gasteiger partial charge in [0.15, 0.2) is 0 Å². The number of nitrogens with zero attached hydrogens (tertiary/aromatic N) is 2. The molecule has 0 amide bonds. The van der Waals surface area contributed by atoms with Crippen molar-refractivity contribution in [2.24, 2.45) is 0 Å². The number of aromatic nitrogens is 1. The van der Waals surface area contributed by atoms with Crippen molar-refractivity contribution in [3.8, 4) is 16.8 Å². The number of hydrogen-bond acceptors (Lipinski definition) is 1. The van der Waals surface area contributed by atoms with Gasteiger partial charge in [-0.2, -0.15) is 0 Å². The van der Waals surface area contributed by atoms with Gasteiger partial charge in [0.1, 0.15) is 0 Å². The van der Waals surface area contributed by atoms with E-state index in [1.54, 1.807) is 0 Å². The fourth-order valence-corrected chi connectivity index (χ4v) is 7.10. The molecule has 0 atom stereocenters. The molecule has 9 rings (SSSR count). The second kappa shape index (κ2) is 7.75. The first-order valence-electron chi connectivity index (χ1n) is 13.6. The molecule has 7 aromatic rings. The quantitative estimate of drug-likeness (QED) is 0.239. The molecule has 0 unspecified atom stereocenters. The zero-order chi connectivity index (χ0) is 25.5. The summed E-state index contributed by atoms with van der Waals surface area (Å²) in [6, 6.07) is 50.9. The summed E-state index contributed by atoms with van der Waals surface area (Å²) in [4.78, 5) is 2.42. The third-order valence-electron chi connectivity index (χ3n) is 8.58. The first-order chi connectivity index (χ1) is 19.4. The zero-order valence-electron chi connectivity index (χ0n) is 21.3. The van der Waals surface area contributed by atoms with E-state index < -0.39 is 0 Å². The molecule has 2 aliphatic rings. The van der Waals surface area contributed by atoms with Crippen LogP contribution in [0.3, 0.4) is 0 Å². The topological polar surface area (TPSA) is 8.17 Å². The molecular weight excluding hydrogens is 471 g/mol. The van der Waals surface area contributed by atoms with Gasteiger partial charge in [-0.1, -0.05) is 109 Å². The summed E-state index contributed by atoms with van der Waals surface area (Å²) >= 11 is 0. The highest BCUT2D eigenvalue weighted by Gasteiger charge is 2.42. The van der Waals surface area contributed by atoms with Crippen molar-refractivity contribution in [3.63, 3.8) is 0 Å². The SMILES string of the molecule is c1ccc(N(c2ccccc2)c2ccc3c4c2-n2c5ccccc5c5cccc(c52)B4c2ccccc2-3)cc1. The van der Waals surface area contributed by atoms with Gasteiger partial charge < -0.3 is 9.47 Å². The molecule has 0 spiro atoms. The van der Waals surface area contributed by atoms with Crippen molar-refractivity contribution < 1.29 is 0 Å². The Kier molecular flexibility index (Phi) is 4.17. The van der Waals surface area contributed by atoms with Crippen LogP contribution in [-0.2, 0) is 0 Å². The Hall–Kier alpha value is -5.02. The molecule has 180 valence electrons. The summed E-state index contributed by atoms with van der Waals surface area (Å²) in [5.74, 6) is 0. The van der Waals surface area contributed by atoms with Gasteiger partial charge in [-0.3, -0.25) is 0 Å². The lowest BCUT2D eigenvalue weighted by Gasteiger charge is -2.32. The van der Waals surface area contributed by atoms with Crippen LogP contribution in [0.5, 0.6) is 0 Å².